The van der Waals surface area contributed by atoms with Gasteiger partial charge in [-0.15, -0.1) is 0 Å². The van der Waals surface area contributed by atoms with Gasteiger partial charge in [-0.25, -0.2) is 0 Å². The number of hydrogen-bond donors (Lipinski definition) is 3. The fraction of sp³-hybridized carbons (Fsp3) is 1.00. The smallest absolute Gasteiger partial charge is 0.00990 e. The van der Waals surface area contributed by atoms with Gasteiger partial charge in [0.05, 0.1) is 0 Å². The third kappa shape index (κ3) is 23.1. The van der Waals surface area contributed by atoms with Gasteiger partial charge in [0.1, 0.15) is 0 Å². The lowest BCUT2D eigenvalue weighted by Crippen LogP contribution is -2.44. The van der Waals surface area contributed by atoms with E-state index in [1.165, 1.54) is 90.0 Å². The van der Waals surface area contributed by atoms with Crippen LogP contribution in [-0.2, 0) is 0 Å². The normalized spacial score (nSPS) is 18.6. The van der Waals surface area contributed by atoms with Gasteiger partial charge in [-0.3, -0.25) is 0 Å². The van der Waals surface area contributed by atoms with Crippen molar-refractivity contribution in [3.8, 4) is 0 Å². The topological polar surface area (TPSA) is 36.1 Å². The van der Waals surface area contributed by atoms with E-state index in [-0.39, 0.29) is 0 Å². The van der Waals surface area contributed by atoms with Gasteiger partial charge in [-0.2, -0.15) is 0 Å². The zero-order valence-electron chi connectivity index (χ0n) is 24.1. The lowest BCUT2D eigenvalue weighted by Gasteiger charge is -2.31. The summed E-state index contributed by atoms with van der Waals surface area (Å²) in [6, 6.07) is 1.60. The minimum absolute atomic E-state index is 0.298. The Labute approximate surface area is 204 Å². The average Bonchev–Trinajstić information content (AvgIpc) is 3.12. The van der Waals surface area contributed by atoms with Crippen molar-refractivity contribution < 1.29 is 0 Å². The lowest BCUT2D eigenvalue weighted by molar-refractivity contribution is 0.295. The molecule has 3 nitrogen and oxygen atoms in total. The van der Waals surface area contributed by atoms with Gasteiger partial charge in [-0.1, -0.05) is 58.3 Å². The van der Waals surface area contributed by atoms with E-state index >= 15 is 0 Å². The van der Waals surface area contributed by atoms with E-state index in [0.29, 0.717) is 16.6 Å². The van der Waals surface area contributed by atoms with Gasteiger partial charge in [0, 0.05) is 28.7 Å². The van der Waals surface area contributed by atoms with Crippen LogP contribution in [0, 0.1) is 0 Å². The van der Waals surface area contributed by atoms with Crippen molar-refractivity contribution in [2.75, 3.05) is 6.54 Å². The Morgan fingerprint density at radius 2 is 0.938 bits per heavy atom. The quantitative estimate of drug-likeness (QED) is 0.342. The third-order valence-electron chi connectivity index (χ3n) is 5.92. The summed E-state index contributed by atoms with van der Waals surface area (Å²) >= 11 is 0. The highest BCUT2D eigenvalue weighted by Crippen LogP contribution is 2.20. The number of rotatable bonds is 7. The molecule has 2 fully saturated rings. The summed E-state index contributed by atoms with van der Waals surface area (Å²) < 4.78 is 0. The zero-order chi connectivity index (χ0) is 24.7. The fourth-order valence-electron chi connectivity index (χ4n) is 4.56. The van der Waals surface area contributed by atoms with Crippen molar-refractivity contribution in [3.63, 3.8) is 0 Å². The highest BCUT2D eigenvalue weighted by atomic mass is 15.0. The number of nitrogens with one attached hydrogen (secondary N) is 3. The molecule has 2 saturated carbocycles. The van der Waals surface area contributed by atoms with Crippen LogP contribution < -0.4 is 16.0 Å². The summed E-state index contributed by atoms with van der Waals surface area (Å²) in [5.41, 5.74) is 0.920. The van der Waals surface area contributed by atoms with E-state index in [0.717, 1.165) is 12.1 Å². The van der Waals surface area contributed by atoms with Gasteiger partial charge >= 0.3 is 0 Å². The van der Waals surface area contributed by atoms with Crippen LogP contribution in [0.5, 0.6) is 0 Å². The molecule has 0 atom stereocenters. The van der Waals surface area contributed by atoms with E-state index in [1.54, 1.807) is 0 Å². The number of hydrogen-bond acceptors (Lipinski definition) is 3. The molecule has 0 heterocycles. The second-order valence-corrected chi connectivity index (χ2v) is 13.3. The molecule has 2 rings (SSSR count). The van der Waals surface area contributed by atoms with Crippen LogP contribution >= 0.6 is 0 Å². The van der Waals surface area contributed by atoms with Crippen LogP contribution in [0.4, 0.5) is 0 Å². The molecule has 0 saturated heterocycles. The van der Waals surface area contributed by atoms with Crippen LogP contribution in [0.1, 0.15) is 153 Å². The van der Waals surface area contributed by atoms with Crippen molar-refractivity contribution >= 4 is 0 Å². The fourth-order valence-corrected chi connectivity index (χ4v) is 4.56. The SMILES string of the molecule is CC(C)(C)NC1CCCC1.CC(C)(C)NC1CCCCC1.CCCCCCNC(C)(C)C. The minimum Gasteiger partial charge on any atom is -0.312 e. The molecular weight excluding hydrogens is 390 g/mol. The highest BCUT2D eigenvalue weighted by molar-refractivity contribution is 4.81. The summed E-state index contributed by atoms with van der Waals surface area (Å²) in [4.78, 5) is 0. The predicted octanol–water partition coefficient (Wildman–Crippen LogP) is 7.98. The van der Waals surface area contributed by atoms with Crippen LogP contribution in [0.2, 0.25) is 0 Å². The van der Waals surface area contributed by atoms with Crippen LogP contribution in [-0.4, -0.2) is 35.2 Å². The van der Waals surface area contributed by atoms with Crippen molar-refractivity contribution in [2.45, 2.75) is 181 Å². The number of unbranched alkanes of at least 4 members (excludes halogenated alkanes) is 3. The second kappa shape index (κ2) is 16.5. The molecule has 2 aliphatic rings. The molecule has 0 radical (unpaired) electrons. The maximum absolute atomic E-state index is 3.66. The first kappa shape index (κ1) is 31.9. The van der Waals surface area contributed by atoms with Gasteiger partial charge < -0.3 is 16.0 Å². The van der Waals surface area contributed by atoms with Crippen LogP contribution in [0.15, 0.2) is 0 Å². The molecule has 0 amide bonds. The second-order valence-electron chi connectivity index (χ2n) is 13.3. The van der Waals surface area contributed by atoms with Crippen LogP contribution in [0.3, 0.4) is 0 Å². The Morgan fingerprint density at radius 1 is 0.531 bits per heavy atom. The van der Waals surface area contributed by atoms with E-state index in [4.69, 9.17) is 0 Å². The Hall–Kier alpha value is -0.120. The first-order valence-corrected chi connectivity index (χ1v) is 14.0. The molecule has 3 heteroatoms. The first-order valence-electron chi connectivity index (χ1n) is 14.0. The van der Waals surface area contributed by atoms with Gasteiger partial charge in [0.15, 0.2) is 0 Å². The maximum Gasteiger partial charge on any atom is 0.00990 e. The largest absolute Gasteiger partial charge is 0.312 e. The minimum atomic E-state index is 0.298. The van der Waals surface area contributed by atoms with E-state index in [1.807, 2.05) is 0 Å². The summed E-state index contributed by atoms with van der Waals surface area (Å²) in [7, 11) is 0. The lowest BCUT2D eigenvalue weighted by atomic mass is 9.93. The molecule has 32 heavy (non-hydrogen) atoms. The van der Waals surface area contributed by atoms with Gasteiger partial charge in [-0.05, 0) is 101 Å². The summed E-state index contributed by atoms with van der Waals surface area (Å²) in [6.45, 7) is 23.5. The Morgan fingerprint density at radius 3 is 1.28 bits per heavy atom. The van der Waals surface area contributed by atoms with Crippen LogP contribution in [0.25, 0.3) is 0 Å². The summed E-state index contributed by atoms with van der Waals surface area (Å²) in [5, 5.41) is 10.8. The molecule has 2 aliphatic carbocycles. The average molecular weight is 454 g/mol. The molecule has 0 unspecified atom stereocenters. The van der Waals surface area contributed by atoms with Crippen molar-refractivity contribution in [1.29, 1.82) is 0 Å². The first-order chi connectivity index (χ1) is 14.7. The molecule has 3 N–H and O–H groups in total. The molecule has 0 aromatic carbocycles. The Balaban J connectivity index is 0.000000451. The molecule has 0 bridgehead atoms. The van der Waals surface area contributed by atoms with Crippen molar-refractivity contribution in [1.82, 2.24) is 16.0 Å². The molecule has 0 aromatic heterocycles. The summed E-state index contributed by atoms with van der Waals surface area (Å²) in [6.07, 6.45) is 18.1. The summed E-state index contributed by atoms with van der Waals surface area (Å²) in [5.74, 6) is 0. The monoisotopic (exact) mass is 454 g/mol. The maximum atomic E-state index is 3.66. The molecule has 194 valence electrons. The van der Waals surface area contributed by atoms with E-state index in [9.17, 15) is 0 Å². The zero-order valence-corrected chi connectivity index (χ0v) is 24.1. The Kier molecular flexibility index (Phi) is 16.4. The van der Waals surface area contributed by atoms with Gasteiger partial charge in [0.25, 0.3) is 0 Å². The highest BCUT2D eigenvalue weighted by Gasteiger charge is 2.20. The third-order valence-corrected chi connectivity index (χ3v) is 5.92. The standard InChI is InChI=1S/C10H21N.C10H23N.C9H19N/c1-10(2,3)11-9-7-5-4-6-8-9;1-5-6-7-8-9-11-10(2,3)4;1-9(2,3)10-8-6-4-5-7-8/h9,11H,4-8H2,1-3H3;11H,5-9H2,1-4H3;8,10H,4-7H2,1-3H3. The molecular formula is C29H63N3. The molecule has 0 spiro atoms. The predicted molar refractivity (Wildman–Crippen MR) is 147 cm³/mol. The molecule has 0 aromatic rings. The Bertz CT molecular complexity index is 413. The molecule has 0 aliphatic heterocycles. The van der Waals surface area contributed by atoms with Crippen molar-refractivity contribution in [3.05, 3.63) is 0 Å². The van der Waals surface area contributed by atoms with Crippen molar-refractivity contribution in [2.24, 2.45) is 0 Å². The van der Waals surface area contributed by atoms with E-state index < -0.39 is 0 Å². The van der Waals surface area contributed by atoms with E-state index in [2.05, 4.69) is 85.2 Å². The van der Waals surface area contributed by atoms with Gasteiger partial charge in [0.2, 0.25) is 0 Å².